The molecule has 1 aliphatic carbocycles. The van der Waals surface area contributed by atoms with Gasteiger partial charge in [-0.1, -0.05) is 19.9 Å². The van der Waals surface area contributed by atoms with E-state index in [4.69, 9.17) is 9.84 Å². The maximum atomic E-state index is 11.4. The van der Waals surface area contributed by atoms with E-state index >= 15 is 0 Å². The molecule has 17 heavy (non-hydrogen) atoms. The monoisotopic (exact) mass is 240 g/mol. The maximum absolute atomic E-state index is 11.4. The van der Waals surface area contributed by atoms with E-state index in [0.29, 0.717) is 0 Å². The van der Waals surface area contributed by atoms with E-state index in [1.165, 1.54) is 6.08 Å². The van der Waals surface area contributed by atoms with Gasteiger partial charge in [0.1, 0.15) is 5.60 Å². The Morgan fingerprint density at radius 1 is 1.29 bits per heavy atom. The molecule has 1 saturated carbocycles. The number of allylic oxidation sites excluding steroid dienone is 1. The molecule has 0 aromatic carbocycles. The lowest BCUT2D eigenvalue weighted by atomic mass is 10.1. The first-order valence-electron chi connectivity index (χ1n) is 5.69. The quantitative estimate of drug-likeness (QED) is 0.607. The molecule has 0 spiro atoms. The van der Waals surface area contributed by atoms with Crippen LogP contribution in [0.4, 0.5) is 0 Å². The van der Waals surface area contributed by atoms with E-state index in [0.717, 1.165) is 0 Å². The number of aliphatic carboxylic acids is 1. The van der Waals surface area contributed by atoms with Gasteiger partial charge in [-0.2, -0.15) is 0 Å². The molecule has 0 radical (unpaired) electrons. The molecule has 1 fully saturated rings. The third kappa shape index (κ3) is 3.32. The van der Waals surface area contributed by atoms with E-state index in [-0.39, 0.29) is 11.3 Å². The van der Waals surface area contributed by atoms with Crippen LogP contribution >= 0.6 is 0 Å². The molecule has 0 aromatic rings. The predicted octanol–water partition coefficient (Wildman–Crippen LogP) is 2.24. The number of carbonyl (C=O) groups excluding carboxylic acids is 1. The van der Waals surface area contributed by atoms with Gasteiger partial charge in [-0.3, -0.25) is 4.79 Å². The Kier molecular flexibility index (Phi) is 3.37. The van der Waals surface area contributed by atoms with Gasteiger partial charge in [0.25, 0.3) is 0 Å². The molecular weight excluding hydrogens is 220 g/mol. The molecule has 0 heterocycles. The highest BCUT2D eigenvalue weighted by molar-refractivity contribution is 5.83. The van der Waals surface area contributed by atoms with Crippen molar-refractivity contribution in [2.24, 2.45) is 17.3 Å². The number of ether oxygens (including phenoxy) is 1. The first-order chi connectivity index (χ1) is 7.55. The molecule has 0 aromatic heterocycles. The molecule has 1 rings (SSSR count). The van der Waals surface area contributed by atoms with E-state index in [9.17, 15) is 9.59 Å². The molecule has 0 unspecified atom stereocenters. The molecule has 0 aliphatic heterocycles. The highest BCUT2D eigenvalue weighted by Gasteiger charge is 2.60. The van der Waals surface area contributed by atoms with Gasteiger partial charge in [0.2, 0.25) is 0 Å². The Balaban J connectivity index is 2.57. The largest absolute Gasteiger partial charge is 0.481 e. The van der Waals surface area contributed by atoms with Crippen LogP contribution in [-0.4, -0.2) is 22.6 Å². The minimum atomic E-state index is -0.811. The first kappa shape index (κ1) is 13.7. The van der Waals surface area contributed by atoms with Crippen LogP contribution in [0.1, 0.15) is 34.6 Å². The highest BCUT2D eigenvalue weighted by atomic mass is 16.6. The van der Waals surface area contributed by atoms with Gasteiger partial charge in [-0.05, 0) is 32.1 Å². The molecular formula is C13H20O4. The number of rotatable bonds is 3. The summed E-state index contributed by atoms with van der Waals surface area (Å²) in [6.45, 7) is 9.14. The molecule has 4 heteroatoms. The number of esters is 1. The fourth-order valence-electron chi connectivity index (χ4n) is 2.03. The van der Waals surface area contributed by atoms with Crippen LogP contribution in [0.2, 0.25) is 0 Å². The average molecular weight is 240 g/mol. The summed E-state index contributed by atoms with van der Waals surface area (Å²) in [5, 5.41) is 8.96. The summed E-state index contributed by atoms with van der Waals surface area (Å²) in [7, 11) is 0. The summed E-state index contributed by atoms with van der Waals surface area (Å²) in [6.07, 6.45) is 2.98. The van der Waals surface area contributed by atoms with Gasteiger partial charge in [0, 0.05) is 6.08 Å². The number of hydrogen-bond acceptors (Lipinski definition) is 3. The van der Waals surface area contributed by atoms with Crippen molar-refractivity contribution in [3.63, 3.8) is 0 Å². The van der Waals surface area contributed by atoms with Crippen molar-refractivity contribution in [3.8, 4) is 0 Å². The second-order valence-electron chi connectivity index (χ2n) is 6.06. The molecule has 1 N–H and O–H groups in total. The van der Waals surface area contributed by atoms with E-state index in [2.05, 4.69) is 0 Å². The fraction of sp³-hybridized carbons (Fsp3) is 0.692. The molecule has 96 valence electrons. The smallest absolute Gasteiger partial charge is 0.330 e. The first-order valence-corrected chi connectivity index (χ1v) is 5.69. The van der Waals surface area contributed by atoms with E-state index < -0.39 is 23.5 Å². The van der Waals surface area contributed by atoms with E-state index in [1.807, 2.05) is 13.8 Å². The van der Waals surface area contributed by atoms with Gasteiger partial charge in [0.05, 0.1) is 5.92 Å². The lowest BCUT2D eigenvalue weighted by Gasteiger charge is -2.17. The zero-order valence-corrected chi connectivity index (χ0v) is 11.0. The number of carboxylic acid groups (broad SMARTS) is 1. The van der Waals surface area contributed by atoms with Crippen LogP contribution in [0.15, 0.2) is 12.2 Å². The number of carboxylic acids is 1. The molecule has 4 nitrogen and oxygen atoms in total. The third-order valence-electron chi connectivity index (χ3n) is 3.02. The SMILES string of the molecule is CC(C)(C)OC(=O)C=C[C@H]1[C@@H](C(=O)O)C1(C)C. The van der Waals surface area contributed by atoms with Crippen LogP contribution in [0.5, 0.6) is 0 Å². The summed E-state index contributed by atoms with van der Waals surface area (Å²) in [4.78, 5) is 22.3. The van der Waals surface area contributed by atoms with Crippen molar-refractivity contribution >= 4 is 11.9 Å². The third-order valence-corrected chi connectivity index (χ3v) is 3.02. The fourth-order valence-corrected chi connectivity index (χ4v) is 2.03. The Hall–Kier alpha value is -1.32. The summed E-state index contributed by atoms with van der Waals surface area (Å²) >= 11 is 0. The molecule has 0 amide bonds. The maximum Gasteiger partial charge on any atom is 0.330 e. The average Bonchev–Trinajstić information content (AvgIpc) is 2.61. The summed E-state index contributed by atoms with van der Waals surface area (Å²) in [5.41, 5.74) is -0.795. The van der Waals surface area contributed by atoms with Crippen molar-refractivity contribution < 1.29 is 19.4 Å². The van der Waals surface area contributed by atoms with Crippen LogP contribution in [0.25, 0.3) is 0 Å². The second-order valence-corrected chi connectivity index (χ2v) is 6.06. The summed E-state index contributed by atoms with van der Waals surface area (Å²) in [6, 6.07) is 0. The minimum Gasteiger partial charge on any atom is -0.481 e. The Bertz CT molecular complexity index is 360. The lowest BCUT2D eigenvalue weighted by molar-refractivity contribution is -0.148. The van der Waals surface area contributed by atoms with Crippen molar-refractivity contribution in [3.05, 3.63) is 12.2 Å². The lowest BCUT2D eigenvalue weighted by Crippen LogP contribution is -2.22. The van der Waals surface area contributed by atoms with Gasteiger partial charge in [-0.15, -0.1) is 0 Å². The Morgan fingerprint density at radius 3 is 2.18 bits per heavy atom. The predicted molar refractivity (Wildman–Crippen MR) is 63.4 cm³/mol. The number of hydrogen-bond donors (Lipinski definition) is 1. The Labute approximate surface area is 102 Å². The van der Waals surface area contributed by atoms with Crippen LogP contribution in [0, 0.1) is 17.3 Å². The Morgan fingerprint density at radius 2 is 1.82 bits per heavy atom. The van der Waals surface area contributed by atoms with Crippen molar-refractivity contribution in [1.82, 2.24) is 0 Å². The van der Waals surface area contributed by atoms with Gasteiger partial charge < -0.3 is 9.84 Å². The standard InChI is InChI=1S/C13H20O4/c1-12(2,3)17-9(14)7-6-8-10(11(15)16)13(8,4)5/h6-8,10H,1-5H3,(H,15,16)/t8-,10-/m0/s1. The second kappa shape index (κ2) is 4.17. The topological polar surface area (TPSA) is 63.6 Å². The normalized spacial score (nSPS) is 26.9. The molecule has 2 atom stereocenters. The highest BCUT2D eigenvalue weighted by Crippen LogP contribution is 2.59. The minimum absolute atomic E-state index is 0.0903. The van der Waals surface area contributed by atoms with Crippen LogP contribution in [-0.2, 0) is 14.3 Å². The van der Waals surface area contributed by atoms with Gasteiger partial charge >= 0.3 is 11.9 Å². The summed E-state index contributed by atoms with van der Waals surface area (Å²) < 4.78 is 5.11. The molecule has 0 saturated heterocycles. The summed E-state index contributed by atoms with van der Waals surface area (Å²) in [5.74, 6) is -1.73. The van der Waals surface area contributed by atoms with Crippen LogP contribution in [0.3, 0.4) is 0 Å². The molecule has 1 aliphatic rings. The zero-order valence-electron chi connectivity index (χ0n) is 11.0. The van der Waals surface area contributed by atoms with Crippen molar-refractivity contribution in [1.29, 1.82) is 0 Å². The van der Waals surface area contributed by atoms with Gasteiger partial charge in [0.15, 0.2) is 0 Å². The molecule has 0 bridgehead atoms. The van der Waals surface area contributed by atoms with E-state index in [1.54, 1.807) is 26.8 Å². The number of carbonyl (C=O) groups is 2. The zero-order chi connectivity index (χ0) is 13.4. The van der Waals surface area contributed by atoms with Gasteiger partial charge in [-0.25, -0.2) is 4.79 Å². The van der Waals surface area contributed by atoms with Crippen molar-refractivity contribution in [2.75, 3.05) is 0 Å². The van der Waals surface area contributed by atoms with Crippen LogP contribution < -0.4 is 0 Å². The van der Waals surface area contributed by atoms with Crippen molar-refractivity contribution in [2.45, 2.75) is 40.2 Å².